The largest absolute Gasteiger partial charge is 0.392 e. The van der Waals surface area contributed by atoms with Gasteiger partial charge in [0.1, 0.15) is 6.29 Å². The van der Waals surface area contributed by atoms with Gasteiger partial charge in [0.05, 0.1) is 31.5 Å². The molecule has 4 heteroatoms. The molecule has 3 unspecified atom stereocenters. The van der Waals surface area contributed by atoms with Crippen LogP contribution in [0.1, 0.15) is 73.6 Å². The minimum atomic E-state index is 0.124. The molecule has 2 heterocycles. The Morgan fingerprint density at radius 1 is 1.27 bits per heavy atom. The number of aliphatic hydroxyl groups is 1. The van der Waals surface area contributed by atoms with Gasteiger partial charge in [0, 0.05) is 6.42 Å². The van der Waals surface area contributed by atoms with Crippen molar-refractivity contribution in [1.29, 1.82) is 0 Å². The van der Waals surface area contributed by atoms with Gasteiger partial charge in [-0.05, 0) is 49.7 Å². The second-order valence-corrected chi connectivity index (χ2v) is 7.13. The Hall–Kier alpha value is -0.970. The minimum absolute atomic E-state index is 0.124. The zero-order chi connectivity index (χ0) is 20.1. The fraction of sp³-hybridized carbons (Fsp3) is 0.773. The zero-order valence-corrected chi connectivity index (χ0v) is 17.7. The van der Waals surface area contributed by atoms with Crippen LogP contribution in [0.2, 0.25) is 0 Å². The standard InChI is InChI=1S/C12H22O2.C8H12O2.C2H6/c1-5-10-6-9(4)11(7-13)12(14-10)8(2)3;1-7-5-8(10-6-7)3-2-4-9;1-2/h8,10,12-13H,5-7H2,1-4H3;4,8H,1-3,5-6H2;1-2H3. The van der Waals surface area contributed by atoms with Crippen molar-refractivity contribution in [3.05, 3.63) is 23.3 Å². The molecule has 1 saturated heterocycles. The summed E-state index contributed by atoms with van der Waals surface area (Å²) in [6, 6.07) is 0. The van der Waals surface area contributed by atoms with Crippen LogP contribution >= 0.6 is 0 Å². The Kier molecular flexibility index (Phi) is 13.6. The third-order valence-corrected chi connectivity index (χ3v) is 4.64. The lowest BCUT2D eigenvalue weighted by Crippen LogP contribution is -2.34. The van der Waals surface area contributed by atoms with Gasteiger partial charge in [-0.1, -0.05) is 46.8 Å². The van der Waals surface area contributed by atoms with Gasteiger partial charge in [-0.2, -0.15) is 0 Å². The van der Waals surface area contributed by atoms with Crippen LogP contribution < -0.4 is 0 Å². The first-order valence-electron chi connectivity index (χ1n) is 10.1. The summed E-state index contributed by atoms with van der Waals surface area (Å²) in [5.41, 5.74) is 3.57. The summed E-state index contributed by atoms with van der Waals surface area (Å²) in [5, 5.41) is 9.30. The second-order valence-electron chi connectivity index (χ2n) is 7.13. The molecule has 152 valence electrons. The Morgan fingerprint density at radius 2 is 1.92 bits per heavy atom. The summed E-state index contributed by atoms with van der Waals surface area (Å²) in [6.45, 7) is 17.2. The molecular formula is C22H40O4. The van der Waals surface area contributed by atoms with Crippen LogP contribution in [0.25, 0.3) is 0 Å². The molecule has 0 bridgehead atoms. The van der Waals surface area contributed by atoms with E-state index in [4.69, 9.17) is 9.47 Å². The lowest BCUT2D eigenvalue weighted by molar-refractivity contribution is -0.108. The monoisotopic (exact) mass is 368 g/mol. The molecule has 0 amide bonds. The van der Waals surface area contributed by atoms with Crippen LogP contribution in [-0.4, -0.2) is 42.9 Å². The van der Waals surface area contributed by atoms with Gasteiger partial charge in [0.2, 0.25) is 0 Å². The van der Waals surface area contributed by atoms with E-state index in [1.54, 1.807) is 0 Å². The lowest BCUT2D eigenvalue weighted by atomic mass is 9.89. The van der Waals surface area contributed by atoms with Crippen LogP contribution in [0.15, 0.2) is 23.3 Å². The van der Waals surface area contributed by atoms with E-state index in [-0.39, 0.29) is 18.8 Å². The highest BCUT2D eigenvalue weighted by molar-refractivity contribution is 5.49. The minimum Gasteiger partial charge on any atom is -0.392 e. The van der Waals surface area contributed by atoms with Crippen LogP contribution in [0.4, 0.5) is 0 Å². The van der Waals surface area contributed by atoms with Gasteiger partial charge in [-0.3, -0.25) is 0 Å². The Bertz CT molecular complexity index is 439. The van der Waals surface area contributed by atoms with Crippen LogP contribution in [0, 0.1) is 5.92 Å². The number of hydrogen-bond acceptors (Lipinski definition) is 4. The van der Waals surface area contributed by atoms with E-state index in [1.807, 2.05) is 13.8 Å². The molecule has 4 nitrogen and oxygen atoms in total. The van der Waals surface area contributed by atoms with E-state index in [1.165, 1.54) is 5.57 Å². The van der Waals surface area contributed by atoms with Crippen molar-refractivity contribution in [2.75, 3.05) is 13.2 Å². The maximum absolute atomic E-state index is 9.97. The Morgan fingerprint density at radius 3 is 2.35 bits per heavy atom. The highest BCUT2D eigenvalue weighted by atomic mass is 16.5. The van der Waals surface area contributed by atoms with Crippen molar-refractivity contribution in [3.63, 3.8) is 0 Å². The molecule has 2 aliphatic rings. The van der Waals surface area contributed by atoms with Gasteiger partial charge in [0.15, 0.2) is 0 Å². The smallest absolute Gasteiger partial charge is 0.120 e. The predicted octanol–water partition coefficient (Wildman–Crippen LogP) is 4.86. The van der Waals surface area contributed by atoms with Gasteiger partial charge in [-0.25, -0.2) is 0 Å². The quantitative estimate of drug-likeness (QED) is 0.537. The van der Waals surface area contributed by atoms with E-state index in [2.05, 4.69) is 34.3 Å². The normalized spacial score (nSPS) is 25.4. The molecule has 0 aromatic carbocycles. The van der Waals surface area contributed by atoms with E-state index in [0.29, 0.717) is 25.0 Å². The molecule has 26 heavy (non-hydrogen) atoms. The molecule has 0 radical (unpaired) electrons. The first kappa shape index (κ1) is 25.0. The first-order valence-corrected chi connectivity index (χ1v) is 10.1. The molecule has 0 aromatic rings. The number of carbonyl (C=O) groups excluding carboxylic acids is 1. The average Bonchev–Trinajstić information content (AvgIpc) is 3.06. The van der Waals surface area contributed by atoms with Crippen molar-refractivity contribution in [1.82, 2.24) is 0 Å². The van der Waals surface area contributed by atoms with Gasteiger partial charge < -0.3 is 19.4 Å². The topological polar surface area (TPSA) is 55.8 Å². The third-order valence-electron chi connectivity index (χ3n) is 4.64. The zero-order valence-electron chi connectivity index (χ0n) is 17.7. The van der Waals surface area contributed by atoms with E-state index >= 15 is 0 Å². The fourth-order valence-corrected chi connectivity index (χ4v) is 3.19. The molecular weight excluding hydrogens is 328 g/mol. The van der Waals surface area contributed by atoms with Crippen molar-refractivity contribution in [3.8, 4) is 0 Å². The number of aldehydes is 1. The SMILES string of the molecule is C=C1COC(CCC=O)C1.CC.CCC1CC(C)=C(CO)C(C(C)C)O1. The summed E-state index contributed by atoms with van der Waals surface area (Å²) in [6.07, 6.45) is 6.10. The molecule has 3 atom stereocenters. The van der Waals surface area contributed by atoms with E-state index < -0.39 is 0 Å². The van der Waals surface area contributed by atoms with Crippen LogP contribution in [-0.2, 0) is 14.3 Å². The summed E-state index contributed by atoms with van der Waals surface area (Å²) in [5.74, 6) is 0.446. The molecule has 0 saturated carbocycles. The van der Waals surface area contributed by atoms with Crippen LogP contribution in [0.5, 0.6) is 0 Å². The van der Waals surface area contributed by atoms with Crippen molar-refractivity contribution < 1.29 is 19.4 Å². The molecule has 1 fully saturated rings. The number of carbonyl (C=O) groups is 1. The van der Waals surface area contributed by atoms with Crippen molar-refractivity contribution in [2.24, 2.45) is 5.92 Å². The average molecular weight is 369 g/mol. The second kappa shape index (κ2) is 14.1. The summed E-state index contributed by atoms with van der Waals surface area (Å²) < 4.78 is 11.3. The molecule has 2 aliphatic heterocycles. The van der Waals surface area contributed by atoms with E-state index in [9.17, 15) is 9.90 Å². The van der Waals surface area contributed by atoms with Gasteiger partial charge >= 0.3 is 0 Å². The Balaban J connectivity index is 0.000000458. The highest BCUT2D eigenvalue weighted by Gasteiger charge is 2.28. The molecule has 0 spiro atoms. The molecule has 0 aromatic heterocycles. The number of hydrogen-bond donors (Lipinski definition) is 1. The Labute approximate surface area is 160 Å². The highest BCUT2D eigenvalue weighted by Crippen LogP contribution is 2.30. The summed E-state index contributed by atoms with van der Waals surface area (Å²) in [4.78, 5) is 9.97. The number of rotatable bonds is 6. The fourth-order valence-electron chi connectivity index (χ4n) is 3.19. The van der Waals surface area contributed by atoms with Gasteiger partial charge in [-0.15, -0.1) is 0 Å². The first-order chi connectivity index (χ1) is 12.4. The van der Waals surface area contributed by atoms with Crippen LogP contribution in [0.3, 0.4) is 0 Å². The molecule has 2 rings (SSSR count). The summed E-state index contributed by atoms with van der Waals surface area (Å²) in [7, 11) is 0. The van der Waals surface area contributed by atoms with E-state index in [0.717, 1.165) is 43.1 Å². The number of aliphatic hydroxyl groups excluding tert-OH is 1. The lowest BCUT2D eigenvalue weighted by Gasteiger charge is -2.34. The summed E-state index contributed by atoms with van der Waals surface area (Å²) >= 11 is 0. The third kappa shape index (κ3) is 8.61. The predicted molar refractivity (Wildman–Crippen MR) is 108 cm³/mol. The number of ether oxygens (including phenoxy) is 2. The maximum Gasteiger partial charge on any atom is 0.120 e. The van der Waals surface area contributed by atoms with Crippen molar-refractivity contribution in [2.45, 2.75) is 92.0 Å². The van der Waals surface area contributed by atoms with Crippen molar-refractivity contribution >= 4 is 6.29 Å². The maximum atomic E-state index is 9.97. The van der Waals surface area contributed by atoms with Gasteiger partial charge in [0.25, 0.3) is 0 Å². The molecule has 0 aliphatic carbocycles. The molecule has 1 N–H and O–H groups in total.